The number of nitrogens with zero attached hydrogens (tertiary/aromatic N) is 1. The van der Waals surface area contributed by atoms with Crippen LogP contribution in [0.1, 0.15) is 5.56 Å². The second-order valence-electron chi connectivity index (χ2n) is 6.67. The minimum Gasteiger partial charge on any atom is -0.483 e. The van der Waals surface area contributed by atoms with Crippen molar-refractivity contribution in [3.8, 4) is 5.75 Å². The number of para-hydroxylation sites is 3. The maximum absolute atomic E-state index is 12.4. The van der Waals surface area contributed by atoms with Crippen LogP contribution < -0.4 is 15.4 Å². The largest absolute Gasteiger partial charge is 0.483 e. The van der Waals surface area contributed by atoms with Gasteiger partial charge in [-0.05, 0) is 48.2 Å². The number of rotatable bonds is 6. The summed E-state index contributed by atoms with van der Waals surface area (Å²) in [6.07, 6.45) is 1.71. The van der Waals surface area contributed by atoms with Crippen molar-refractivity contribution in [2.45, 2.75) is 0 Å². The lowest BCUT2D eigenvalue weighted by Crippen LogP contribution is -2.20. The minimum atomic E-state index is -0.277. The van der Waals surface area contributed by atoms with Crippen LogP contribution in [0.25, 0.3) is 6.08 Å². The van der Waals surface area contributed by atoms with E-state index in [1.54, 1.807) is 42.5 Å². The van der Waals surface area contributed by atoms with Crippen molar-refractivity contribution in [1.29, 1.82) is 0 Å². The molecule has 0 atom stereocenters. The first-order chi connectivity index (χ1) is 15.6. The molecule has 1 heterocycles. The van der Waals surface area contributed by atoms with Gasteiger partial charge in [-0.1, -0.05) is 60.1 Å². The van der Waals surface area contributed by atoms with Gasteiger partial charge >= 0.3 is 0 Å². The lowest BCUT2D eigenvalue weighted by Gasteiger charge is -2.10. The van der Waals surface area contributed by atoms with Crippen molar-refractivity contribution in [3.63, 3.8) is 0 Å². The summed E-state index contributed by atoms with van der Waals surface area (Å²) in [5.41, 5.74) is 1.95. The molecule has 0 bridgehead atoms. The number of nitrogens with one attached hydrogen (secondary N) is 2. The highest BCUT2D eigenvalue weighted by atomic mass is 35.5. The number of amidine groups is 1. The van der Waals surface area contributed by atoms with Gasteiger partial charge in [0.25, 0.3) is 11.8 Å². The number of carbonyl (C=O) groups is 2. The van der Waals surface area contributed by atoms with Crippen LogP contribution in [0.4, 0.5) is 11.4 Å². The Bertz CT molecular complexity index is 1210. The molecule has 6 nitrogen and oxygen atoms in total. The van der Waals surface area contributed by atoms with E-state index in [0.29, 0.717) is 37.8 Å². The average Bonchev–Trinajstić information content (AvgIpc) is 3.14. The molecule has 32 heavy (non-hydrogen) atoms. The average molecular weight is 464 g/mol. The van der Waals surface area contributed by atoms with Crippen molar-refractivity contribution >= 4 is 57.8 Å². The molecule has 1 aliphatic rings. The zero-order chi connectivity index (χ0) is 22.3. The highest BCUT2D eigenvalue weighted by Gasteiger charge is 2.24. The van der Waals surface area contributed by atoms with Crippen LogP contribution in [0.5, 0.6) is 5.75 Å². The van der Waals surface area contributed by atoms with Crippen LogP contribution >= 0.6 is 23.4 Å². The fourth-order valence-corrected chi connectivity index (χ4v) is 3.87. The van der Waals surface area contributed by atoms with Gasteiger partial charge in [0.1, 0.15) is 5.75 Å². The van der Waals surface area contributed by atoms with E-state index in [-0.39, 0.29) is 18.4 Å². The van der Waals surface area contributed by atoms with Gasteiger partial charge in [-0.2, -0.15) is 0 Å². The van der Waals surface area contributed by atoms with E-state index < -0.39 is 0 Å². The second kappa shape index (κ2) is 10.2. The number of anilines is 1. The number of halogens is 1. The van der Waals surface area contributed by atoms with Crippen molar-refractivity contribution in [2.24, 2.45) is 4.99 Å². The third-order valence-corrected chi connectivity index (χ3v) is 5.58. The smallest absolute Gasteiger partial charge is 0.264 e. The zero-order valence-electron chi connectivity index (χ0n) is 16.7. The van der Waals surface area contributed by atoms with Gasteiger partial charge < -0.3 is 15.4 Å². The fraction of sp³-hybridized carbons (Fsp3) is 0.0417. The quantitative estimate of drug-likeness (QED) is 0.489. The molecule has 0 spiro atoms. The first kappa shape index (κ1) is 21.7. The molecule has 0 aliphatic carbocycles. The van der Waals surface area contributed by atoms with Gasteiger partial charge in [0, 0.05) is 11.3 Å². The van der Waals surface area contributed by atoms with Crippen molar-refractivity contribution < 1.29 is 14.3 Å². The topological polar surface area (TPSA) is 79.8 Å². The normalized spacial score (nSPS) is 15.6. The highest BCUT2D eigenvalue weighted by molar-refractivity contribution is 8.18. The molecule has 3 aromatic rings. The first-order valence-electron chi connectivity index (χ1n) is 9.69. The minimum absolute atomic E-state index is 0.159. The third kappa shape index (κ3) is 5.57. The lowest BCUT2D eigenvalue weighted by atomic mass is 10.2. The summed E-state index contributed by atoms with van der Waals surface area (Å²) in [7, 11) is 0. The third-order valence-electron chi connectivity index (χ3n) is 4.35. The molecule has 1 saturated heterocycles. The molecule has 0 radical (unpaired) electrons. The van der Waals surface area contributed by atoms with Crippen LogP contribution in [0, 0.1) is 0 Å². The Labute approximate surface area is 194 Å². The van der Waals surface area contributed by atoms with Crippen LogP contribution in [0.3, 0.4) is 0 Å². The molecule has 2 N–H and O–H groups in total. The Morgan fingerprint density at radius 1 is 1.03 bits per heavy atom. The van der Waals surface area contributed by atoms with Crippen LogP contribution in [-0.2, 0) is 9.59 Å². The summed E-state index contributed by atoms with van der Waals surface area (Å²) in [5, 5.41) is 6.45. The summed E-state index contributed by atoms with van der Waals surface area (Å²) < 4.78 is 5.71. The zero-order valence-corrected chi connectivity index (χ0v) is 18.3. The van der Waals surface area contributed by atoms with Gasteiger partial charge in [-0.15, -0.1) is 0 Å². The van der Waals surface area contributed by atoms with E-state index in [1.165, 1.54) is 11.8 Å². The molecule has 0 unspecified atom stereocenters. The Morgan fingerprint density at radius 3 is 2.56 bits per heavy atom. The summed E-state index contributed by atoms with van der Waals surface area (Å²) in [5.74, 6) is -0.0497. The molecule has 1 fully saturated rings. The molecule has 160 valence electrons. The molecule has 2 amide bonds. The predicted molar refractivity (Wildman–Crippen MR) is 129 cm³/mol. The van der Waals surface area contributed by atoms with Gasteiger partial charge in [-0.3, -0.25) is 9.59 Å². The van der Waals surface area contributed by atoms with Gasteiger partial charge in [-0.25, -0.2) is 4.99 Å². The molecule has 0 saturated carbocycles. The fourth-order valence-electron chi connectivity index (χ4n) is 2.87. The first-order valence-corrected chi connectivity index (χ1v) is 10.9. The van der Waals surface area contributed by atoms with E-state index in [1.807, 2.05) is 42.5 Å². The maximum atomic E-state index is 12.4. The number of carbonyl (C=O) groups excluding carboxylic acids is 2. The van der Waals surface area contributed by atoms with E-state index in [0.717, 1.165) is 0 Å². The monoisotopic (exact) mass is 463 g/mol. The summed E-state index contributed by atoms with van der Waals surface area (Å²) in [6.45, 7) is -0.159. The van der Waals surface area contributed by atoms with Crippen molar-refractivity contribution in [2.75, 3.05) is 11.9 Å². The summed E-state index contributed by atoms with van der Waals surface area (Å²) in [6, 6.07) is 23.5. The van der Waals surface area contributed by atoms with Crippen LogP contribution in [-0.4, -0.2) is 23.6 Å². The molecular formula is C24H18ClN3O3S. The van der Waals surface area contributed by atoms with Gasteiger partial charge in [0.05, 0.1) is 15.6 Å². The van der Waals surface area contributed by atoms with E-state index in [2.05, 4.69) is 15.6 Å². The summed E-state index contributed by atoms with van der Waals surface area (Å²) in [4.78, 5) is 29.5. The number of amides is 2. The van der Waals surface area contributed by atoms with Crippen molar-refractivity contribution in [1.82, 2.24) is 5.32 Å². The number of thioether (sulfide) groups is 1. The Hall–Kier alpha value is -3.55. The van der Waals surface area contributed by atoms with Gasteiger partial charge in [0.2, 0.25) is 0 Å². The second-order valence-corrected chi connectivity index (χ2v) is 8.11. The molecule has 8 heteroatoms. The lowest BCUT2D eigenvalue weighted by molar-refractivity contribution is -0.118. The molecule has 4 rings (SSSR count). The van der Waals surface area contributed by atoms with E-state index >= 15 is 0 Å². The Balaban J connectivity index is 1.46. The van der Waals surface area contributed by atoms with Crippen LogP contribution in [0.15, 0.2) is 88.8 Å². The number of ether oxygens (including phenoxy) is 1. The number of benzene rings is 3. The SMILES string of the molecule is O=C(COc1ccccc1/C=C1\SC(=Nc2ccccc2Cl)NC1=O)Nc1ccccc1. The molecule has 3 aromatic carbocycles. The number of hydrogen-bond acceptors (Lipinski definition) is 5. The van der Waals surface area contributed by atoms with E-state index in [4.69, 9.17) is 16.3 Å². The maximum Gasteiger partial charge on any atom is 0.264 e. The molecular weight excluding hydrogens is 446 g/mol. The molecule has 1 aliphatic heterocycles. The standard InChI is InChI=1S/C24H18ClN3O3S/c25-18-11-5-6-12-19(18)27-24-28-23(30)21(32-24)14-16-8-4-7-13-20(16)31-15-22(29)26-17-9-2-1-3-10-17/h1-14H,15H2,(H,26,29)(H,27,28,30)/b21-14-. The van der Waals surface area contributed by atoms with E-state index in [9.17, 15) is 9.59 Å². The molecule has 0 aromatic heterocycles. The predicted octanol–water partition coefficient (Wildman–Crippen LogP) is 5.25. The number of aliphatic imine (C=N–C) groups is 1. The van der Waals surface area contributed by atoms with Gasteiger partial charge in [0.15, 0.2) is 11.8 Å². The highest BCUT2D eigenvalue weighted by Crippen LogP contribution is 2.32. The van der Waals surface area contributed by atoms with Crippen molar-refractivity contribution in [3.05, 3.63) is 94.4 Å². The van der Waals surface area contributed by atoms with Crippen LogP contribution in [0.2, 0.25) is 5.02 Å². The number of hydrogen-bond donors (Lipinski definition) is 2. The summed E-state index contributed by atoms with van der Waals surface area (Å²) >= 11 is 7.35. The Morgan fingerprint density at radius 2 is 1.75 bits per heavy atom. The Kier molecular flexibility index (Phi) is 6.89.